The maximum absolute atomic E-state index is 14.7. The minimum absolute atomic E-state index is 0.000702. The molecule has 1 amide bonds. The molecule has 0 radical (unpaired) electrons. The number of methoxy groups -OCH3 is 1. The number of nitrogens with zero attached hydrogens (tertiary/aromatic N) is 3. The number of imidazole rings is 1. The van der Waals surface area contributed by atoms with Gasteiger partial charge in [-0.1, -0.05) is 0 Å². The zero-order valence-corrected chi connectivity index (χ0v) is 16.7. The van der Waals surface area contributed by atoms with Gasteiger partial charge in [-0.25, -0.2) is 18.6 Å². The molecule has 7 nitrogen and oxygen atoms in total. The van der Waals surface area contributed by atoms with Crippen molar-refractivity contribution in [1.29, 1.82) is 0 Å². The fourth-order valence-corrected chi connectivity index (χ4v) is 3.76. The van der Waals surface area contributed by atoms with Crippen molar-refractivity contribution in [1.82, 2.24) is 14.3 Å². The number of fused-ring (bicyclic) bond motifs is 1. The number of anilines is 1. The average molecular weight is 416 g/mol. The minimum atomic E-state index is -0.783. The van der Waals surface area contributed by atoms with Crippen LogP contribution in [0.1, 0.15) is 11.3 Å². The molecule has 0 bridgehead atoms. The number of halogens is 2. The molecule has 1 aromatic carbocycles. The van der Waals surface area contributed by atoms with Crippen molar-refractivity contribution in [2.24, 2.45) is 0 Å². The summed E-state index contributed by atoms with van der Waals surface area (Å²) in [7, 11) is 1.32. The van der Waals surface area contributed by atoms with E-state index >= 15 is 0 Å². The van der Waals surface area contributed by atoms with E-state index in [9.17, 15) is 13.6 Å². The molecule has 30 heavy (non-hydrogen) atoms. The van der Waals surface area contributed by atoms with Gasteiger partial charge in [-0.15, -0.1) is 0 Å². The number of hydrogen-bond acceptors (Lipinski definition) is 5. The highest BCUT2D eigenvalue weighted by atomic mass is 19.1. The lowest BCUT2D eigenvalue weighted by Crippen LogP contribution is -2.46. The third kappa shape index (κ3) is 3.68. The molecule has 2 aromatic heterocycles. The van der Waals surface area contributed by atoms with Crippen LogP contribution in [-0.2, 0) is 15.9 Å². The Labute approximate surface area is 172 Å². The zero-order chi connectivity index (χ0) is 21.4. The molecule has 158 valence electrons. The van der Waals surface area contributed by atoms with Crippen LogP contribution in [0.25, 0.3) is 16.9 Å². The molecule has 1 fully saturated rings. The molecule has 0 unspecified atom stereocenters. The summed E-state index contributed by atoms with van der Waals surface area (Å²) < 4.78 is 41.8. The van der Waals surface area contributed by atoms with E-state index in [1.165, 1.54) is 7.11 Å². The number of carbonyl (C=O) groups is 1. The third-order valence-corrected chi connectivity index (χ3v) is 5.17. The Morgan fingerprint density at radius 2 is 2.07 bits per heavy atom. The number of hydrogen-bond donors (Lipinski definition) is 1. The summed E-state index contributed by atoms with van der Waals surface area (Å²) in [4.78, 5) is 18.0. The van der Waals surface area contributed by atoms with E-state index in [2.05, 4.69) is 4.98 Å². The summed E-state index contributed by atoms with van der Waals surface area (Å²) in [5, 5.41) is 0. The summed E-state index contributed by atoms with van der Waals surface area (Å²) >= 11 is 0. The normalized spacial score (nSPS) is 16.8. The van der Waals surface area contributed by atoms with E-state index in [4.69, 9.17) is 15.2 Å². The van der Waals surface area contributed by atoms with Crippen molar-refractivity contribution in [3.8, 4) is 11.3 Å². The summed E-state index contributed by atoms with van der Waals surface area (Å²) in [5.74, 6) is -1.57. The van der Waals surface area contributed by atoms with Gasteiger partial charge in [-0.3, -0.25) is 0 Å². The molecule has 9 heteroatoms. The lowest BCUT2D eigenvalue weighted by molar-refractivity contribution is -0.0241. The summed E-state index contributed by atoms with van der Waals surface area (Å²) in [6, 6.07) is 5.88. The van der Waals surface area contributed by atoms with Crippen LogP contribution in [0, 0.1) is 18.6 Å². The van der Waals surface area contributed by atoms with Gasteiger partial charge in [0.2, 0.25) is 0 Å². The second-order valence-corrected chi connectivity index (χ2v) is 7.31. The maximum atomic E-state index is 14.7. The van der Waals surface area contributed by atoms with Crippen LogP contribution < -0.4 is 5.73 Å². The maximum Gasteiger partial charge on any atom is 0.409 e. The first-order valence-corrected chi connectivity index (χ1v) is 9.54. The second-order valence-electron chi connectivity index (χ2n) is 7.31. The van der Waals surface area contributed by atoms with Crippen molar-refractivity contribution in [2.45, 2.75) is 19.4 Å². The SMILES string of the molecule is COC(=O)N1CCO[C@@H](Cc2c(-c3c(F)cc(N)cc3F)nc3cc(C)ccn23)C1. The first-order valence-electron chi connectivity index (χ1n) is 9.54. The van der Waals surface area contributed by atoms with E-state index in [1.54, 1.807) is 9.30 Å². The van der Waals surface area contributed by atoms with Gasteiger partial charge in [0.1, 0.15) is 17.3 Å². The molecule has 0 spiro atoms. The molecule has 1 saturated heterocycles. The van der Waals surface area contributed by atoms with Crippen LogP contribution >= 0.6 is 0 Å². The second kappa shape index (κ2) is 7.91. The van der Waals surface area contributed by atoms with Gasteiger partial charge < -0.3 is 24.5 Å². The quantitative estimate of drug-likeness (QED) is 0.664. The van der Waals surface area contributed by atoms with E-state index in [1.807, 2.05) is 25.3 Å². The van der Waals surface area contributed by atoms with E-state index in [-0.39, 0.29) is 23.0 Å². The Morgan fingerprint density at radius 1 is 1.33 bits per heavy atom. The number of morpholine rings is 1. The number of nitrogen functional groups attached to an aromatic ring is 1. The molecule has 1 aliphatic rings. The molecule has 1 aliphatic heterocycles. The van der Waals surface area contributed by atoms with Crippen LogP contribution in [0.15, 0.2) is 30.5 Å². The van der Waals surface area contributed by atoms with Gasteiger partial charge in [0.05, 0.1) is 43.3 Å². The number of benzene rings is 1. The van der Waals surface area contributed by atoms with Gasteiger partial charge in [-0.2, -0.15) is 0 Å². The van der Waals surface area contributed by atoms with Crippen molar-refractivity contribution in [2.75, 3.05) is 32.5 Å². The summed E-state index contributed by atoms with van der Waals surface area (Å²) in [6.07, 6.45) is 1.30. The Morgan fingerprint density at radius 3 is 2.77 bits per heavy atom. The van der Waals surface area contributed by atoms with Crippen LogP contribution in [-0.4, -0.2) is 53.3 Å². The first kappa shape index (κ1) is 20.1. The first-order chi connectivity index (χ1) is 14.4. The smallest absolute Gasteiger partial charge is 0.409 e. The highest BCUT2D eigenvalue weighted by Crippen LogP contribution is 2.32. The van der Waals surface area contributed by atoms with Gasteiger partial charge >= 0.3 is 6.09 Å². The number of rotatable bonds is 3. The molecular formula is C21H22F2N4O3. The topological polar surface area (TPSA) is 82.1 Å². The van der Waals surface area contributed by atoms with Crippen molar-refractivity contribution in [3.05, 3.63) is 53.4 Å². The number of pyridine rings is 1. The molecule has 0 aliphatic carbocycles. The van der Waals surface area contributed by atoms with Crippen LogP contribution in [0.3, 0.4) is 0 Å². The number of amides is 1. The third-order valence-electron chi connectivity index (χ3n) is 5.17. The molecule has 2 N–H and O–H groups in total. The van der Waals surface area contributed by atoms with Crippen molar-refractivity contribution in [3.63, 3.8) is 0 Å². The van der Waals surface area contributed by atoms with Gasteiger partial charge in [0.15, 0.2) is 0 Å². The lowest BCUT2D eigenvalue weighted by atomic mass is 10.0. The lowest BCUT2D eigenvalue weighted by Gasteiger charge is -2.32. The predicted octanol–water partition coefficient (Wildman–Crippen LogP) is 3.18. The van der Waals surface area contributed by atoms with E-state index in [0.717, 1.165) is 17.7 Å². The molecule has 3 heterocycles. The monoisotopic (exact) mass is 416 g/mol. The molecule has 0 saturated carbocycles. The highest BCUT2D eigenvalue weighted by Gasteiger charge is 2.29. The van der Waals surface area contributed by atoms with Gasteiger partial charge in [0.25, 0.3) is 0 Å². The van der Waals surface area contributed by atoms with Crippen molar-refractivity contribution >= 4 is 17.4 Å². The molecule has 4 rings (SSSR count). The Kier molecular flexibility index (Phi) is 5.29. The standard InChI is InChI=1S/C21H22F2N4O3/c1-12-3-4-27-17(10-14-11-26(5-6-30-14)21(28)29-2)20(25-18(27)7-12)19-15(22)8-13(24)9-16(19)23/h3-4,7-9,14H,5-6,10-11,24H2,1-2H3/t14-/m0/s1. The number of aromatic nitrogens is 2. The van der Waals surface area contributed by atoms with Crippen molar-refractivity contribution < 1.29 is 23.0 Å². The largest absolute Gasteiger partial charge is 0.453 e. The van der Waals surface area contributed by atoms with Crippen LogP contribution in [0.4, 0.5) is 19.3 Å². The number of nitrogens with two attached hydrogens (primary N) is 1. The summed E-state index contributed by atoms with van der Waals surface area (Å²) in [6.45, 7) is 2.98. The Hall–Kier alpha value is -3.20. The predicted molar refractivity (Wildman–Crippen MR) is 107 cm³/mol. The number of ether oxygens (including phenoxy) is 2. The minimum Gasteiger partial charge on any atom is -0.453 e. The van der Waals surface area contributed by atoms with Gasteiger partial charge in [-0.05, 0) is 36.8 Å². The summed E-state index contributed by atoms with van der Waals surface area (Å²) in [5.41, 5.74) is 7.64. The van der Waals surface area contributed by atoms with E-state index < -0.39 is 17.7 Å². The van der Waals surface area contributed by atoms with Crippen LogP contribution in [0.2, 0.25) is 0 Å². The fourth-order valence-electron chi connectivity index (χ4n) is 3.76. The average Bonchev–Trinajstić information content (AvgIpc) is 3.03. The fraction of sp³-hybridized carbons (Fsp3) is 0.333. The highest BCUT2D eigenvalue weighted by molar-refractivity contribution is 5.70. The molecular weight excluding hydrogens is 394 g/mol. The number of aryl methyl sites for hydroxylation is 1. The Bertz CT molecular complexity index is 1090. The van der Waals surface area contributed by atoms with Crippen LogP contribution in [0.5, 0.6) is 0 Å². The van der Waals surface area contributed by atoms with E-state index in [0.29, 0.717) is 37.5 Å². The number of carbonyl (C=O) groups excluding carboxylic acids is 1. The van der Waals surface area contributed by atoms with Gasteiger partial charge in [0, 0.05) is 24.8 Å². The molecule has 3 aromatic rings. The molecule has 1 atom stereocenters. The Balaban J connectivity index is 1.79. The zero-order valence-electron chi connectivity index (χ0n) is 16.7.